The second kappa shape index (κ2) is 8.18. The molecule has 0 saturated carbocycles. The molecule has 1 heterocycles. The monoisotopic (exact) mass is 415 g/mol. The number of nitrogens with one attached hydrogen (secondary N) is 1. The second-order valence-electron chi connectivity index (χ2n) is 5.93. The number of amides is 1. The van der Waals surface area contributed by atoms with E-state index in [1.807, 2.05) is 0 Å². The zero-order valence-corrected chi connectivity index (χ0v) is 15.6. The Kier molecular flexibility index (Phi) is 5.88. The average molecular weight is 416 g/mol. The number of hydrogen-bond donors (Lipinski definition) is 1. The summed E-state index contributed by atoms with van der Waals surface area (Å²) in [6, 6.07) is 5.70. The van der Waals surface area contributed by atoms with Gasteiger partial charge in [-0.05, 0) is 37.3 Å². The molecule has 1 N–H and O–H groups in total. The predicted octanol–water partition coefficient (Wildman–Crippen LogP) is 5.17. The quantitative estimate of drug-likeness (QED) is 0.748. The molecule has 0 aromatic heterocycles. The Hall–Kier alpha value is -2.61. The molecular formula is C19H17ClF3NO4. The van der Waals surface area contributed by atoms with Gasteiger partial charge >= 0.3 is 6.18 Å². The van der Waals surface area contributed by atoms with Crippen molar-refractivity contribution in [2.75, 3.05) is 25.1 Å². The number of fused-ring (bicyclic) bond motifs is 1. The number of carbonyl (C=O) groups is 1. The molecule has 28 heavy (non-hydrogen) atoms. The Labute approximate surface area is 164 Å². The van der Waals surface area contributed by atoms with Gasteiger partial charge in [-0.1, -0.05) is 11.6 Å². The summed E-state index contributed by atoms with van der Waals surface area (Å²) in [5, 5.41) is 2.63. The molecule has 1 aliphatic rings. The Morgan fingerprint density at radius 2 is 1.96 bits per heavy atom. The van der Waals surface area contributed by atoms with Crippen molar-refractivity contribution in [1.29, 1.82) is 0 Å². The molecule has 5 nitrogen and oxygen atoms in total. The summed E-state index contributed by atoms with van der Waals surface area (Å²) < 4.78 is 55.4. The number of hydrogen-bond acceptors (Lipinski definition) is 4. The van der Waals surface area contributed by atoms with E-state index in [1.54, 1.807) is 6.92 Å². The van der Waals surface area contributed by atoms with E-state index >= 15 is 0 Å². The first-order chi connectivity index (χ1) is 13.3. The van der Waals surface area contributed by atoms with Gasteiger partial charge in [-0.15, -0.1) is 0 Å². The van der Waals surface area contributed by atoms with Gasteiger partial charge in [0.25, 0.3) is 5.91 Å². The van der Waals surface area contributed by atoms with Crippen molar-refractivity contribution in [3.05, 3.63) is 46.5 Å². The summed E-state index contributed by atoms with van der Waals surface area (Å²) in [7, 11) is 0. The fourth-order valence-electron chi connectivity index (χ4n) is 2.64. The van der Waals surface area contributed by atoms with Crippen LogP contribution in [0, 0.1) is 0 Å². The molecule has 150 valence electrons. The van der Waals surface area contributed by atoms with E-state index in [9.17, 15) is 18.0 Å². The van der Waals surface area contributed by atoms with Crippen LogP contribution in [0.3, 0.4) is 0 Å². The van der Waals surface area contributed by atoms with Gasteiger partial charge < -0.3 is 19.5 Å². The lowest BCUT2D eigenvalue weighted by atomic mass is 10.1. The largest absolute Gasteiger partial charge is 0.492 e. The van der Waals surface area contributed by atoms with Gasteiger partial charge in [-0.3, -0.25) is 4.79 Å². The maximum atomic E-state index is 13.0. The van der Waals surface area contributed by atoms with Gasteiger partial charge in [-0.25, -0.2) is 0 Å². The van der Waals surface area contributed by atoms with E-state index in [-0.39, 0.29) is 28.6 Å². The first-order valence-corrected chi connectivity index (χ1v) is 8.92. The molecule has 2 aromatic carbocycles. The number of ether oxygens (including phenoxy) is 3. The number of rotatable bonds is 4. The molecule has 1 amide bonds. The van der Waals surface area contributed by atoms with Gasteiger partial charge in [0.1, 0.15) is 5.75 Å². The molecule has 1 aliphatic heterocycles. The lowest BCUT2D eigenvalue weighted by Crippen LogP contribution is -2.15. The van der Waals surface area contributed by atoms with Gasteiger partial charge in [0, 0.05) is 12.0 Å². The van der Waals surface area contributed by atoms with Crippen LogP contribution in [-0.2, 0) is 6.18 Å². The number of carbonyl (C=O) groups excluding carboxylic acids is 1. The summed E-state index contributed by atoms with van der Waals surface area (Å²) in [4.78, 5) is 12.7. The zero-order chi connectivity index (χ0) is 20.3. The minimum atomic E-state index is -4.55. The SMILES string of the molecule is CCOc1ccc(C(F)(F)F)cc1NC(=O)c1cc(Cl)c2c(c1)OCCCO2. The average Bonchev–Trinajstić information content (AvgIpc) is 2.88. The van der Waals surface area contributed by atoms with Crippen LogP contribution in [0.5, 0.6) is 17.2 Å². The maximum Gasteiger partial charge on any atom is 0.416 e. The van der Waals surface area contributed by atoms with Crippen LogP contribution in [0.25, 0.3) is 0 Å². The predicted molar refractivity (Wildman–Crippen MR) is 97.6 cm³/mol. The highest BCUT2D eigenvalue weighted by Gasteiger charge is 2.31. The molecule has 0 spiro atoms. The first kappa shape index (κ1) is 20.1. The van der Waals surface area contributed by atoms with Gasteiger partial charge in [0.05, 0.1) is 36.1 Å². The lowest BCUT2D eigenvalue weighted by Gasteiger charge is -2.15. The zero-order valence-electron chi connectivity index (χ0n) is 14.9. The van der Waals surface area contributed by atoms with Gasteiger partial charge in [-0.2, -0.15) is 13.2 Å². The number of halogens is 4. The van der Waals surface area contributed by atoms with Crippen molar-refractivity contribution in [1.82, 2.24) is 0 Å². The molecule has 0 unspecified atom stereocenters. The number of benzene rings is 2. The van der Waals surface area contributed by atoms with E-state index in [2.05, 4.69) is 5.32 Å². The molecule has 0 saturated heterocycles. The van der Waals surface area contributed by atoms with E-state index in [0.29, 0.717) is 31.1 Å². The molecule has 0 aliphatic carbocycles. The Morgan fingerprint density at radius 1 is 1.21 bits per heavy atom. The molecule has 0 radical (unpaired) electrons. The van der Waals surface area contributed by atoms with E-state index < -0.39 is 17.6 Å². The summed E-state index contributed by atoms with van der Waals surface area (Å²) in [5.74, 6) is 0.121. The number of alkyl halides is 3. The van der Waals surface area contributed by atoms with E-state index in [4.69, 9.17) is 25.8 Å². The van der Waals surface area contributed by atoms with Crippen LogP contribution < -0.4 is 19.5 Å². The minimum absolute atomic E-state index is 0.0927. The van der Waals surface area contributed by atoms with Crippen LogP contribution in [0.1, 0.15) is 29.3 Å². The smallest absolute Gasteiger partial charge is 0.416 e. The molecular weight excluding hydrogens is 399 g/mol. The van der Waals surface area contributed by atoms with Crippen molar-refractivity contribution in [2.24, 2.45) is 0 Å². The van der Waals surface area contributed by atoms with Crippen molar-refractivity contribution < 1.29 is 32.2 Å². The summed E-state index contributed by atoms with van der Waals surface area (Å²) >= 11 is 6.17. The molecule has 2 aromatic rings. The van der Waals surface area contributed by atoms with Gasteiger partial charge in [0.2, 0.25) is 0 Å². The highest BCUT2D eigenvalue weighted by atomic mass is 35.5. The lowest BCUT2D eigenvalue weighted by molar-refractivity contribution is -0.137. The van der Waals surface area contributed by atoms with E-state index in [0.717, 1.165) is 12.1 Å². The van der Waals surface area contributed by atoms with Crippen molar-refractivity contribution in [2.45, 2.75) is 19.5 Å². The van der Waals surface area contributed by atoms with Crippen LogP contribution in [0.4, 0.5) is 18.9 Å². The third-order valence-electron chi connectivity index (χ3n) is 3.92. The minimum Gasteiger partial charge on any atom is -0.492 e. The van der Waals surface area contributed by atoms with Crippen LogP contribution in [-0.4, -0.2) is 25.7 Å². The fourth-order valence-corrected chi connectivity index (χ4v) is 2.91. The fraction of sp³-hybridized carbons (Fsp3) is 0.316. The summed E-state index contributed by atoms with van der Waals surface area (Å²) in [6.07, 6.45) is -3.89. The summed E-state index contributed by atoms with van der Waals surface area (Å²) in [6.45, 7) is 2.74. The standard InChI is InChI=1S/C19H17ClF3NO4/c1-2-26-15-5-4-12(19(21,22)23)10-14(15)24-18(25)11-8-13(20)17-16(9-11)27-6-3-7-28-17/h4-5,8-10H,2-3,6-7H2,1H3,(H,24,25). The van der Waals surface area contributed by atoms with Crippen LogP contribution >= 0.6 is 11.6 Å². The Bertz CT molecular complexity index is 886. The highest BCUT2D eigenvalue weighted by Crippen LogP contribution is 2.39. The second-order valence-corrected chi connectivity index (χ2v) is 6.34. The molecule has 9 heteroatoms. The van der Waals surface area contributed by atoms with Crippen molar-refractivity contribution in [3.63, 3.8) is 0 Å². The molecule has 0 atom stereocenters. The third kappa shape index (κ3) is 4.44. The topological polar surface area (TPSA) is 56.8 Å². The normalized spacial score (nSPS) is 13.6. The van der Waals surface area contributed by atoms with Crippen molar-refractivity contribution >= 4 is 23.2 Å². The Morgan fingerprint density at radius 3 is 2.68 bits per heavy atom. The van der Waals surface area contributed by atoms with Crippen LogP contribution in [0.2, 0.25) is 5.02 Å². The van der Waals surface area contributed by atoms with Gasteiger partial charge in [0.15, 0.2) is 11.5 Å². The first-order valence-electron chi connectivity index (χ1n) is 8.54. The van der Waals surface area contributed by atoms with E-state index in [1.165, 1.54) is 18.2 Å². The van der Waals surface area contributed by atoms with Crippen LogP contribution in [0.15, 0.2) is 30.3 Å². The van der Waals surface area contributed by atoms with Crippen molar-refractivity contribution in [3.8, 4) is 17.2 Å². The number of anilines is 1. The molecule has 3 rings (SSSR count). The third-order valence-corrected chi connectivity index (χ3v) is 4.20. The maximum absolute atomic E-state index is 13.0. The molecule has 0 fully saturated rings. The summed E-state index contributed by atoms with van der Waals surface area (Å²) in [5.41, 5.74) is -0.873. The Balaban J connectivity index is 1.92. The highest BCUT2D eigenvalue weighted by molar-refractivity contribution is 6.32. The molecule has 0 bridgehead atoms.